The summed E-state index contributed by atoms with van der Waals surface area (Å²) in [5, 5.41) is 2.73. The summed E-state index contributed by atoms with van der Waals surface area (Å²) >= 11 is 0. The zero-order chi connectivity index (χ0) is 16.0. The predicted octanol–water partition coefficient (Wildman–Crippen LogP) is 2.57. The lowest BCUT2D eigenvalue weighted by molar-refractivity contribution is -0.157. The van der Waals surface area contributed by atoms with E-state index in [4.69, 9.17) is 4.74 Å². The van der Waals surface area contributed by atoms with E-state index in [2.05, 4.69) is 10.3 Å². The van der Waals surface area contributed by atoms with Gasteiger partial charge in [0.25, 0.3) is 5.91 Å². The summed E-state index contributed by atoms with van der Waals surface area (Å²) in [6.07, 6.45) is 3.59. The Bertz CT molecular complexity index is 478. The first-order chi connectivity index (χ1) is 9.69. The van der Waals surface area contributed by atoms with Gasteiger partial charge in [-0.2, -0.15) is 0 Å². The molecule has 1 heterocycles. The first-order valence-electron chi connectivity index (χ1n) is 7.13. The highest BCUT2D eigenvalue weighted by atomic mass is 16.6. The average molecular weight is 292 g/mol. The zero-order valence-electron chi connectivity index (χ0n) is 13.3. The molecule has 1 N–H and O–H groups in total. The fourth-order valence-corrected chi connectivity index (χ4v) is 1.80. The summed E-state index contributed by atoms with van der Waals surface area (Å²) in [5.41, 5.74) is -0.152. The van der Waals surface area contributed by atoms with Crippen LogP contribution in [-0.4, -0.2) is 28.5 Å². The van der Waals surface area contributed by atoms with Crippen LogP contribution in [0.25, 0.3) is 0 Å². The van der Waals surface area contributed by atoms with E-state index < -0.39 is 17.6 Å². The maximum Gasteiger partial charge on any atom is 0.329 e. The summed E-state index contributed by atoms with van der Waals surface area (Å²) in [7, 11) is 0. The number of esters is 1. The van der Waals surface area contributed by atoms with Crippen LogP contribution < -0.4 is 5.32 Å². The van der Waals surface area contributed by atoms with Crippen LogP contribution >= 0.6 is 0 Å². The molecule has 0 saturated carbocycles. The molecule has 1 aromatic heterocycles. The molecular formula is C16H24N2O3. The number of nitrogens with one attached hydrogen (secondary N) is 1. The van der Waals surface area contributed by atoms with Crippen LogP contribution in [0, 0.1) is 5.92 Å². The summed E-state index contributed by atoms with van der Waals surface area (Å²) in [6, 6.07) is 2.68. The molecule has 1 rings (SSSR count). The molecule has 1 atom stereocenters. The Balaban J connectivity index is 2.79. The van der Waals surface area contributed by atoms with E-state index in [-0.39, 0.29) is 11.8 Å². The number of nitrogens with zero attached hydrogens (tertiary/aromatic N) is 1. The van der Waals surface area contributed by atoms with E-state index >= 15 is 0 Å². The van der Waals surface area contributed by atoms with Gasteiger partial charge in [0.05, 0.1) is 5.56 Å². The van der Waals surface area contributed by atoms with Gasteiger partial charge in [-0.1, -0.05) is 13.8 Å². The fourth-order valence-electron chi connectivity index (χ4n) is 1.80. The van der Waals surface area contributed by atoms with Crippen molar-refractivity contribution in [3.8, 4) is 0 Å². The van der Waals surface area contributed by atoms with Crippen molar-refractivity contribution >= 4 is 11.9 Å². The maximum absolute atomic E-state index is 12.2. The second kappa shape index (κ2) is 7.20. The lowest BCUT2D eigenvalue weighted by Gasteiger charge is -2.25. The molecule has 0 aliphatic rings. The SMILES string of the molecule is CC(C)CC(NC(=O)c1cccnc1)C(=O)OC(C)(C)C. The van der Waals surface area contributed by atoms with Gasteiger partial charge in [0.1, 0.15) is 11.6 Å². The standard InChI is InChI=1S/C16H24N2O3/c1-11(2)9-13(15(20)21-16(3,4)5)18-14(19)12-7-6-8-17-10-12/h6-8,10-11,13H,9H2,1-5H3,(H,18,19). The maximum atomic E-state index is 12.2. The number of hydrogen-bond donors (Lipinski definition) is 1. The first kappa shape index (κ1) is 17.1. The lowest BCUT2D eigenvalue weighted by Crippen LogP contribution is -2.44. The molecule has 0 radical (unpaired) electrons. The highest BCUT2D eigenvalue weighted by Crippen LogP contribution is 2.13. The predicted molar refractivity (Wildman–Crippen MR) is 80.8 cm³/mol. The van der Waals surface area contributed by atoms with Crippen LogP contribution in [0.15, 0.2) is 24.5 Å². The van der Waals surface area contributed by atoms with Crippen molar-refractivity contribution in [2.75, 3.05) is 0 Å². The minimum Gasteiger partial charge on any atom is -0.458 e. The van der Waals surface area contributed by atoms with Crippen LogP contribution in [0.5, 0.6) is 0 Å². The zero-order valence-corrected chi connectivity index (χ0v) is 13.3. The van der Waals surface area contributed by atoms with Gasteiger partial charge in [-0.3, -0.25) is 9.78 Å². The molecule has 21 heavy (non-hydrogen) atoms. The van der Waals surface area contributed by atoms with Crippen molar-refractivity contribution in [3.05, 3.63) is 30.1 Å². The Morgan fingerprint density at radius 2 is 2.00 bits per heavy atom. The Morgan fingerprint density at radius 1 is 1.33 bits per heavy atom. The Morgan fingerprint density at radius 3 is 2.48 bits per heavy atom. The second-order valence-corrected chi connectivity index (χ2v) is 6.43. The van der Waals surface area contributed by atoms with E-state index in [1.165, 1.54) is 6.20 Å². The van der Waals surface area contributed by atoms with Gasteiger partial charge in [-0.15, -0.1) is 0 Å². The molecule has 0 aliphatic heterocycles. The van der Waals surface area contributed by atoms with Crippen LogP contribution in [-0.2, 0) is 9.53 Å². The Kier molecular flexibility index (Phi) is 5.88. The van der Waals surface area contributed by atoms with Crippen molar-refractivity contribution in [1.29, 1.82) is 0 Å². The fraction of sp³-hybridized carbons (Fsp3) is 0.562. The summed E-state index contributed by atoms with van der Waals surface area (Å²) in [6.45, 7) is 9.40. The van der Waals surface area contributed by atoms with E-state index in [1.807, 2.05) is 13.8 Å². The summed E-state index contributed by atoms with van der Waals surface area (Å²) < 4.78 is 5.37. The van der Waals surface area contributed by atoms with E-state index in [0.717, 1.165) is 0 Å². The number of pyridine rings is 1. The van der Waals surface area contributed by atoms with E-state index in [1.54, 1.807) is 39.1 Å². The van der Waals surface area contributed by atoms with Crippen LogP contribution in [0.4, 0.5) is 0 Å². The third kappa shape index (κ3) is 6.38. The highest BCUT2D eigenvalue weighted by molar-refractivity contribution is 5.96. The van der Waals surface area contributed by atoms with Gasteiger partial charge in [0.2, 0.25) is 0 Å². The summed E-state index contributed by atoms with van der Waals surface area (Å²) in [4.78, 5) is 28.3. The largest absolute Gasteiger partial charge is 0.458 e. The number of hydrogen-bond acceptors (Lipinski definition) is 4. The Hall–Kier alpha value is -1.91. The number of carbonyl (C=O) groups excluding carboxylic acids is 2. The molecule has 0 aromatic carbocycles. The number of ether oxygens (including phenoxy) is 1. The van der Waals surface area contributed by atoms with Crippen LogP contribution in [0.2, 0.25) is 0 Å². The second-order valence-electron chi connectivity index (χ2n) is 6.43. The van der Waals surface area contributed by atoms with E-state index in [0.29, 0.717) is 12.0 Å². The molecule has 5 nitrogen and oxygen atoms in total. The van der Waals surface area contributed by atoms with E-state index in [9.17, 15) is 9.59 Å². The molecule has 0 saturated heterocycles. The normalized spacial score (nSPS) is 12.9. The van der Waals surface area contributed by atoms with Crippen molar-refractivity contribution in [2.24, 2.45) is 5.92 Å². The molecule has 0 aliphatic carbocycles. The number of amides is 1. The van der Waals surface area contributed by atoms with Crippen molar-refractivity contribution in [3.63, 3.8) is 0 Å². The third-order valence-corrected chi connectivity index (χ3v) is 2.63. The van der Waals surface area contributed by atoms with Crippen molar-refractivity contribution < 1.29 is 14.3 Å². The van der Waals surface area contributed by atoms with Gasteiger partial charge in [0.15, 0.2) is 0 Å². The lowest BCUT2D eigenvalue weighted by atomic mass is 10.0. The van der Waals surface area contributed by atoms with Crippen LogP contribution in [0.3, 0.4) is 0 Å². The molecule has 0 spiro atoms. The van der Waals surface area contributed by atoms with Gasteiger partial charge < -0.3 is 10.1 Å². The van der Waals surface area contributed by atoms with Gasteiger partial charge >= 0.3 is 5.97 Å². The average Bonchev–Trinajstić information content (AvgIpc) is 2.36. The van der Waals surface area contributed by atoms with Crippen molar-refractivity contribution in [1.82, 2.24) is 10.3 Å². The molecule has 1 aromatic rings. The monoisotopic (exact) mass is 292 g/mol. The summed E-state index contributed by atoms with van der Waals surface area (Å²) in [5.74, 6) is -0.468. The van der Waals surface area contributed by atoms with Gasteiger partial charge in [-0.05, 0) is 45.2 Å². The number of aromatic nitrogens is 1. The van der Waals surface area contributed by atoms with Crippen molar-refractivity contribution in [2.45, 2.75) is 52.7 Å². The number of rotatable bonds is 5. The quantitative estimate of drug-likeness (QED) is 0.847. The smallest absolute Gasteiger partial charge is 0.329 e. The molecule has 0 fully saturated rings. The molecule has 1 amide bonds. The number of carbonyl (C=O) groups is 2. The van der Waals surface area contributed by atoms with Crippen LogP contribution in [0.1, 0.15) is 51.4 Å². The molecule has 0 bridgehead atoms. The minimum atomic E-state index is -0.656. The molecule has 1 unspecified atom stereocenters. The Labute approximate surface area is 126 Å². The van der Waals surface area contributed by atoms with Gasteiger partial charge in [0, 0.05) is 12.4 Å². The first-order valence-corrected chi connectivity index (χ1v) is 7.13. The topological polar surface area (TPSA) is 68.3 Å². The molecule has 116 valence electrons. The minimum absolute atomic E-state index is 0.261. The highest BCUT2D eigenvalue weighted by Gasteiger charge is 2.27. The molecular weight excluding hydrogens is 268 g/mol. The van der Waals surface area contributed by atoms with Gasteiger partial charge in [-0.25, -0.2) is 4.79 Å². The third-order valence-electron chi connectivity index (χ3n) is 2.63. The molecule has 5 heteroatoms.